The lowest BCUT2D eigenvalue weighted by Gasteiger charge is -2.11. The lowest BCUT2D eigenvalue weighted by molar-refractivity contribution is 0.102. The number of carbonyl (C=O) groups is 1. The van der Waals surface area contributed by atoms with Crippen LogP contribution in [0.5, 0.6) is 5.75 Å². The van der Waals surface area contributed by atoms with E-state index in [1.165, 1.54) is 11.8 Å². The number of nitrogens with zero attached hydrogens (tertiary/aromatic N) is 3. The van der Waals surface area contributed by atoms with E-state index in [9.17, 15) is 4.79 Å². The minimum atomic E-state index is -0.199. The van der Waals surface area contributed by atoms with Gasteiger partial charge >= 0.3 is 0 Å². The highest BCUT2D eigenvalue weighted by Gasteiger charge is 2.14. The van der Waals surface area contributed by atoms with Crippen LogP contribution in [0, 0.1) is 0 Å². The van der Waals surface area contributed by atoms with Crippen molar-refractivity contribution in [1.29, 1.82) is 0 Å². The Bertz CT molecular complexity index is 929. The molecule has 2 aromatic carbocycles. The fraction of sp³-hybridized carbons (Fsp3) is 0.167. The number of ether oxygens (including phenoxy) is 1. The quantitative estimate of drug-likeness (QED) is 0.621. The van der Waals surface area contributed by atoms with Crippen molar-refractivity contribution in [1.82, 2.24) is 14.8 Å². The molecule has 0 saturated heterocycles. The van der Waals surface area contributed by atoms with E-state index in [0.29, 0.717) is 28.3 Å². The Morgan fingerprint density at radius 2 is 2.08 bits per heavy atom. The molecule has 26 heavy (non-hydrogen) atoms. The van der Waals surface area contributed by atoms with Gasteiger partial charge in [-0.05, 0) is 64.9 Å². The molecule has 1 N–H and O–H groups in total. The highest BCUT2D eigenvalue weighted by molar-refractivity contribution is 9.10. The third-order valence-corrected chi connectivity index (χ3v) is 4.98. The van der Waals surface area contributed by atoms with Crippen molar-refractivity contribution in [2.45, 2.75) is 23.5 Å². The number of hydrogen-bond donors (Lipinski definition) is 1. The number of para-hydroxylation sites is 1. The highest BCUT2D eigenvalue weighted by Crippen LogP contribution is 2.33. The van der Waals surface area contributed by atoms with Crippen molar-refractivity contribution >= 4 is 39.3 Å². The van der Waals surface area contributed by atoms with Gasteiger partial charge in [-0.15, -0.1) is 5.10 Å². The molecular formula is C18H17BrN4O2S. The van der Waals surface area contributed by atoms with Crippen molar-refractivity contribution in [2.75, 3.05) is 12.4 Å². The number of amides is 1. The maximum absolute atomic E-state index is 12.6. The number of benzene rings is 2. The molecule has 0 aliphatic carbocycles. The van der Waals surface area contributed by atoms with Gasteiger partial charge in [-0.1, -0.05) is 18.2 Å². The van der Waals surface area contributed by atoms with Gasteiger partial charge in [0, 0.05) is 17.0 Å². The fourth-order valence-corrected chi connectivity index (χ4v) is 3.76. The molecule has 0 unspecified atom stereocenters. The van der Waals surface area contributed by atoms with Crippen molar-refractivity contribution in [3.05, 3.63) is 58.8 Å². The largest absolute Gasteiger partial charge is 0.497 e. The Balaban J connectivity index is 1.83. The molecule has 1 aromatic heterocycles. The fourth-order valence-electron chi connectivity index (χ4n) is 2.30. The van der Waals surface area contributed by atoms with Crippen LogP contribution in [-0.4, -0.2) is 27.8 Å². The first kappa shape index (κ1) is 18.5. The van der Waals surface area contributed by atoms with E-state index in [1.54, 1.807) is 36.1 Å². The normalized spacial score (nSPS) is 10.6. The summed E-state index contributed by atoms with van der Waals surface area (Å²) in [5, 5.41) is 7.99. The van der Waals surface area contributed by atoms with Crippen LogP contribution in [0.1, 0.15) is 17.3 Å². The predicted octanol–water partition coefficient (Wildman–Crippen LogP) is 4.47. The summed E-state index contributed by atoms with van der Waals surface area (Å²) in [6.45, 7) is 2.71. The number of aromatic nitrogens is 3. The molecule has 3 aromatic rings. The van der Waals surface area contributed by atoms with Crippen LogP contribution in [0.2, 0.25) is 0 Å². The van der Waals surface area contributed by atoms with Gasteiger partial charge in [0.25, 0.3) is 5.91 Å². The molecule has 134 valence electrons. The molecule has 0 saturated carbocycles. The SMILES string of the molecule is CCn1nc(Br)nc1Sc1ccccc1NC(=O)c1cccc(OC)c1. The first-order chi connectivity index (χ1) is 12.6. The lowest BCUT2D eigenvalue weighted by Crippen LogP contribution is -2.12. The summed E-state index contributed by atoms with van der Waals surface area (Å²) in [7, 11) is 1.57. The molecule has 1 amide bonds. The van der Waals surface area contributed by atoms with Crippen LogP contribution in [0.3, 0.4) is 0 Å². The first-order valence-corrected chi connectivity index (χ1v) is 9.54. The Morgan fingerprint density at radius 3 is 2.85 bits per heavy atom. The van der Waals surface area contributed by atoms with E-state index in [-0.39, 0.29) is 5.91 Å². The number of halogens is 1. The summed E-state index contributed by atoms with van der Waals surface area (Å²) >= 11 is 4.75. The zero-order chi connectivity index (χ0) is 18.5. The number of anilines is 1. The monoisotopic (exact) mass is 432 g/mol. The van der Waals surface area contributed by atoms with Crippen molar-refractivity contribution in [3.8, 4) is 5.75 Å². The van der Waals surface area contributed by atoms with Crippen molar-refractivity contribution in [2.24, 2.45) is 0 Å². The van der Waals surface area contributed by atoms with Gasteiger partial charge in [0.15, 0.2) is 5.16 Å². The van der Waals surface area contributed by atoms with Crippen LogP contribution in [-0.2, 0) is 6.54 Å². The first-order valence-electron chi connectivity index (χ1n) is 7.93. The summed E-state index contributed by atoms with van der Waals surface area (Å²) in [6, 6.07) is 14.6. The topological polar surface area (TPSA) is 69.0 Å². The second kappa shape index (κ2) is 8.37. The van der Waals surface area contributed by atoms with Gasteiger partial charge < -0.3 is 10.1 Å². The van der Waals surface area contributed by atoms with Gasteiger partial charge in [-0.25, -0.2) is 4.68 Å². The van der Waals surface area contributed by atoms with Gasteiger partial charge in [-0.3, -0.25) is 4.79 Å². The molecule has 0 fully saturated rings. The Hall–Kier alpha value is -2.32. The minimum Gasteiger partial charge on any atom is -0.497 e. The van der Waals surface area contributed by atoms with E-state index in [1.807, 2.05) is 31.2 Å². The molecule has 1 heterocycles. The van der Waals surface area contributed by atoms with E-state index in [2.05, 4.69) is 31.3 Å². The number of hydrogen-bond acceptors (Lipinski definition) is 5. The van der Waals surface area contributed by atoms with Gasteiger partial charge in [0.05, 0.1) is 12.8 Å². The van der Waals surface area contributed by atoms with Gasteiger partial charge in [-0.2, -0.15) is 4.98 Å². The second-order valence-corrected chi connectivity index (χ2v) is 6.98. The van der Waals surface area contributed by atoms with E-state index in [4.69, 9.17) is 4.74 Å². The summed E-state index contributed by atoms with van der Waals surface area (Å²) in [5.74, 6) is 0.441. The zero-order valence-electron chi connectivity index (χ0n) is 14.3. The molecule has 0 aliphatic rings. The molecule has 6 nitrogen and oxygen atoms in total. The molecule has 0 radical (unpaired) electrons. The van der Waals surface area contributed by atoms with Crippen LogP contribution < -0.4 is 10.1 Å². The Labute approximate surface area is 164 Å². The second-order valence-electron chi connectivity index (χ2n) is 5.26. The van der Waals surface area contributed by atoms with Gasteiger partial charge in [0.1, 0.15) is 5.75 Å². The summed E-state index contributed by atoms with van der Waals surface area (Å²) in [4.78, 5) is 17.9. The van der Waals surface area contributed by atoms with E-state index in [0.717, 1.165) is 10.1 Å². The summed E-state index contributed by atoms with van der Waals surface area (Å²) in [6.07, 6.45) is 0. The third-order valence-electron chi connectivity index (χ3n) is 3.58. The Kier molecular flexibility index (Phi) is 5.95. The maximum atomic E-state index is 12.6. The maximum Gasteiger partial charge on any atom is 0.255 e. The number of carbonyl (C=O) groups excluding carboxylic acids is 1. The number of nitrogens with one attached hydrogen (secondary N) is 1. The smallest absolute Gasteiger partial charge is 0.255 e. The van der Waals surface area contributed by atoms with Crippen molar-refractivity contribution < 1.29 is 9.53 Å². The van der Waals surface area contributed by atoms with Crippen LogP contribution in [0.25, 0.3) is 0 Å². The molecule has 8 heteroatoms. The van der Waals surface area contributed by atoms with E-state index >= 15 is 0 Å². The third kappa shape index (κ3) is 4.25. The number of aryl methyl sites for hydroxylation is 1. The Morgan fingerprint density at radius 1 is 1.27 bits per heavy atom. The molecule has 0 bridgehead atoms. The highest BCUT2D eigenvalue weighted by atomic mass is 79.9. The van der Waals surface area contributed by atoms with Crippen LogP contribution in [0.4, 0.5) is 5.69 Å². The molecule has 3 rings (SSSR count). The van der Waals surface area contributed by atoms with Crippen molar-refractivity contribution in [3.63, 3.8) is 0 Å². The number of methoxy groups -OCH3 is 1. The lowest BCUT2D eigenvalue weighted by atomic mass is 10.2. The molecule has 0 spiro atoms. The number of rotatable bonds is 6. The van der Waals surface area contributed by atoms with E-state index < -0.39 is 0 Å². The summed E-state index contributed by atoms with van der Waals surface area (Å²) < 4.78 is 7.52. The average Bonchev–Trinajstić information content (AvgIpc) is 3.02. The molecule has 0 atom stereocenters. The predicted molar refractivity (Wildman–Crippen MR) is 105 cm³/mol. The molecular weight excluding hydrogens is 416 g/mol. The van der Waals surface area contributed by atoms with Crippen LogP contribution in [0.15, 0.2) is 63.3 Å². The van der Waals surface area contributed by atoms with Gasteiger partial charge in [0.2, 0.25) is 4.73 Å². The zero-order valence-corrected chi connectivity index (χ0v) is 16.7. The molecule has 0 aliphatic heterocycles. The van der Waals surface area contributed by atoms with Crippen LogP contribution >= 0.6 is 27.7 Å². The average molecular weight is 433 g/mol. The summed E-state index contributed by atoms with van der Waals surface area (Å²) in [5.41, 5.74) is 1.25. The minimum absolute atomic E-state index is 0.199. The standard InChI is InChI=1S/C18H17BrN4O2S/c1-3-23-18(21-17(19)22-23)26-15-10-5-4-9-14(15)20-16(24)12-7-6-8-13(11-12)25-2/h4-11H,3H2,1-2H3,(H,20,24).